The minimum absolute atomic E-state index is 0.275. The maximum Gasteiger partial charge on any atom is 0.242 e. The van der Waals surface area contributed by atoms with Crippen molar-refractivity contribution in [2.75, 3.05) is 13.1 Å². The summed E-state index contributed by atoms with van der Waals surface area (Å²) in [4.78, 5) is 15.1. The van der Waals surface area contributed by atoms with Crippen LogP contribution in [0.3, 0.4) is 0 Å². The lowest BCUT2D eigenvalue weighted by molar-refractivity contribution is -0.143. The molecule has 0 aromatic carbocycles. The summed E-state index contributed by atoms with van der Waals surface area (Å²) in [6, 6.07) is 0.562. The van der Waals surface area contributed by atoms with Gasteiger partial charge in [0.25, 0.3) is 0 Å². The van der Waals surface area contributed by atoms with E-state index < -0.39 is 0 Å². The smallest absolute Gasteiger partial charge is 0.242 e. The predicted octanol–water partition coefficient (Wildman–Crippen LogP) is 2.31. The van der Waals surface area contributed by atoms with E-state index in [1.54, 1.807) is 0 Å². The summed E-state index contributed by atoms with van der Waals surface area (Å²) in [5.74, 6) is 1.19. The third-order valence-corrected chi connectivity index (χ3v) is 5.34. The van der Waals surface area contributed by atoms with Gasteiger partial charge >= 0.3 is 0 Å². The van der Waals surface area contributed by atoms with E-state index >= 15 is 0 Å². The maximum atomic E-state index is 12.9. The molecule has 3 atom stereocenters. The fraction of sp³-hybridized carbons (Fsp3) is 0.933. The first-order chi connectivity index (χ1) is 8.71. The molecule has 18 heavy (non-hydrogen) atoms. The molecule has 3 rings (SSSR count). The molecule has 1 aliphatic carbocycles. The molecule has 1 saturated carbocycles. The Kier molecular flexibility index (Phi) is 3.35. The third kappa shape index (κ3) is 2.07. The summed E-state index contributed by atoms with van der Waals surface area (Å²) in [7, 11) is 0. The number of hydrogen-bond donors (Lipinski definition) is 1. The highest BCUT2D eigenvalue weighted by atomic mass is 16.2. The number of hydrogen-bond acceptors (Lipinski definition) is 2. The minimum Gasteiger partial charge on any atom is -0.338 e. The molecule has 0 radical (unpaired) electrons. The summed E-state index contributed by atoms with van der Waals surface area (Å²) in [5.41, 5.74) is -0.275. The molecule has 3 aliphatic rings. The largest absolute Gasteiger partial charge is 0.338 e. The van der Waals surface area contributed by atoms with Crippen LogP contribution in [0.4, 0.5) is 0 Å². The van der Waals surface area contributed by atoms with Gasteiger partial charge in [-0.25, -0.2) is 0 Å². The van der Waals surface area contributed by atoms with Gasteiger partial charge in [0.1, 0.15) is 0 Å². The number of likely N-dealkylation sites (tertiary alicyclic amines) is 1. The quantitative estimate of drug-likeness (QED) is 0.774. The van der Waals surface area contributed by atoms with Gasteiger partial charge in [0.2, 0.25) is 5.91 Å². The zero-order valence-corrected chi connectivity index (χ0v) is 11.6. The van der Waals surface area contributed by atoms with Gasteiger partial charge in [-0.2, -0.15) is 0 Å². The fourth-order valence-corrected chi connectivity index (χ4v) is 4.26. The van der Waals surface area contributed by atoms with E-state index in [1.807, 2.05) is 0 Å². The van der Waals surface area contributed by atoms with E-state index in [0.29, 0.717) is 11.9 Å². The zero-order valence-electron chi connectivity index (χ0n) is 11.6. The Morgan fingerprint density at radius 1 is 1.17 bits per heavy atom. The highest BCUT2D eigenvalue weighted by Gasteiger charge is 2.44. The van der Waals surface area contributed by atoms with E-state index in [0.717, 1.165) is 25.4 Å². The maximum absolute atomic E-state index is 12.9. The second kappa shape index (κ2) is 4.84. The molecule has 2 saturated heterocycles. The topological polar surface area (TPSA) is 32.3 Å². The summed E-state index contributed by atoms with van der Waals surface area (Å²) >= 11 is 0. The van der Waals surface area contributed by atoms with Crippen molar-refractivity contribution in [1.82, 2.24) is 10.2 Å². The Labute approximate surface area is 110 Å². The second-order valence-electron chi connectivity index (χ2n) is 6.62. The standard InChI is InChI=1S/C15H26N2O/c1-15(9-2-3-10-16-15)14(18)17-11-5-7-12-6-4-8-13(12)17/h12-13,16H,2-11H2,1H3. The van der Waals surface area contributed by atoms with Crippen LogP contribution in [0.15, 0.2) is 0 Å². The molecule has 0 spiro atoms. The molecule has 0 aromatic heterocycles. The highest BCUT2D eigenvalue weighted by molar-refractivity contribution is 5.86. The van der Waals surface area contributed by atoms with Crippen molar-refractivity contribution in [2.24, 2.45) is 5.92 Å². The number of nitrogens with one attached hydrogen (secondary N) is 1. The molecular weight excluding hydrogens is 224 g/mol. The Morgan fingerprint density at radius 2 is 2.00 bits per heavy atom. The monoisotopic (exact) mass is 250 g/mol. The normalized spacial score (nSPS) is 40.6. The third-order valence-electron chi connectivity index (χ3n) is 5.34. The molecule has 1 amide bonds. The molecule has 3 unspecified atom stereocenters. The lowest BCUT2D eigenvalue weighted by Gasteiger charge is -2.44. The Hall–Kier alpha value is -0.570. The van der Waals surface area contributed by atoms with Gasteiger partial charge < -0.3 is 10.2 Å². The van der Waals surface area contributed by atoms with Crippen LogP contribution in [0.2, 0.25) is 0 Å². The van der Waals surface area contributed by atoms with Crippen LogP contribution in [0, 0.1) is 5.92 Å². The lowest BCUT2D eigenvalue weighted by Crippen LogP contribution is -2.61. The molecule has 3 fully saturated rings. The van der Waals surface area contributed by atoms with Gasteiger partial charge in [0, 0.05) is 12.6 Å². The number of piperidine rings is 2. The van der Waals surface area contributed by atoms with Crippen molar-refractivity contribution in [3.05, 3.63) is 0 Å². The number of rotatable bonds is 1. The first-order valence-electron chi connectivity index (χ1n) is 7.77. The van der Waals surface area contributed by atoms with Crippen molar-refractivity contribution in [3.8, 4) is 0 Å². The van der Waals surface area contributed by atoms with Crippen LogP contribution in [0.25, 0.3) is 0 Å². The van der Waals surface area contributed by atoms with Crippen molar-refractivity contribution >= 4 is 5.91 Å². The van der Waals surface area contributed by atoms with E-state index in [-0.39, 0.29) is 5.54 Å². The van der Waals surface area contributed by atoms with E-state index in [1.165, 1.54) is 44.9 Å². The van der Waals surface area contributed by atoms with E-state index in [9.17, 15) is 4.79 Å². The molecule has 0 bridgehead atoms. The van der Waals surface area contributed by atoms with E-state index in [2.05, 4.69) is 17.1 Å². The molecule has 2 heterocycles. The second-order valence-corrected chi connectivity index (χ2v) is 6.62. The highest BCUT2D eigenvalue weighted by Crippen LogP contribution is 2.38. The van der Waals surface area contributed by atoms with Crippen LogP contribution in [0.1, 0.15) is 58.3 Å². The van der Waals surface area contributed by atoms with Gasteiger partial charge in [-0.3, -0.25) is 4.79 Å². The van der Waals surface area contributed by atoms with Gasteiger partial charge in [0.15, 0.2) is 0 Å². The number of carbonyl (C=O) groups is 1. The van der Waals surface area contributed by atoms with Gasteiger partial charge in [-0.1, -0.05) is 6.42 Å². The summed E-state index contributed by atoms with van der Waals surface area (Å²) in [6.07, 6.45) is 9.89. The Morgan fingerprint density at radius 3 is 2.78 bits per heavy atom. The van der Waals surface area contributed by atoms with Gasteiger partial charge in [-0.15, -0.1) is 0 Å². The van der Waals surface area contributed by atoms with Crippen LogP contribution in [0.5, 0.6) is 0 Å². The van der Waals surface area contributed by atoms with Crippen LogP contribution >= 0.6 is 0 Å². The Balaban J connectivity index is 1.74. The average molecular weight is 250 g/mol. The average Bonchev–Trinajstić information content (AvgIpc) is 2.87. The first kappa shape index (κ1) is 12.5. The van der Waals surface area contributed by atoms with Crippen molar-refractivity contribution in [3.63, 3.8) is 0 Å². The first-order valence-corrected chi connectivity index (χ1v) is 7.77. The molecule has 3 heteroatoms. The van der Waals surface area contributed by atoms with Crippen LogP contribution < -0.4 is 5.32 Å². The van der Waals surface area contributed by atoms with Gasteiger partial charge in [0.05, 0.1) is 5.54 Å². The minimum atomic E-state index is -0.275. The molecule has 0 aromatic rings. The zero-order chi connectivity index (χ0) is 12.6. The number of fused-ring (bicyclic) bond motifs is 1. The van der Waals surface area contributed by atoms with Gasteiger partial charge in [-0.05, 0) is 64.3 Å². The van der Waals surface area contributed by atoms with Crippen LogP contribution in [-0.4, -0.2) is 35.5 Å². The summed E-state index contributed by atoms with van der Waals surface area (Å²) < 4.78 is 0. The lowest BCUT2D eigenvalue weighted by atomic mass is 9.86. The molecule has 2 aliphatic heterocycles. The number of amides is 1. The molecular formula is C15H26N2O. The molecule has 3 nitrogen and oxygen atoms in total. The molecule has 102 valence electrons. The van der Waals surface area contributed by atoms with E-state index in [4.69, 9.17) is 0 Å². The van der Waals surface area contributed by atoms with Crippen molar-refractivity contribution in [2.45, 2.75) is 69.9 Å². The predicted molar refractivity (Wildman–Crippen MR) is 72.3 cm³/mol. The van der Waals surface area contributed by atoms with Crippen molar-refractivity contribution in [1.29, 1.82) is 0 Å². The molecule has 1 N–H and O–H groups in total. The van der Waals surface area contributed by atoms with Crippen LogP contribution in [-0.2, 0) is 4.79 Å². The summed E-state index contributed by atoms with van der Waals surface area (Å²) in [6.45, 7) is 4.12. The fourth-order valence-electron chi connectivity index (χ4n) is 4.26. The number of carbonyl (C=O) groups excluding carboxylic acids is 1. The Bertz CT molecular complexity index is 322. The SMILES string of the molecule is CC1(C(=O)N2CCCC3CCCC32)CCCCN1. The summed E-state index contributed by atoms with van der Waals surface area (Å²) in [5, 5.41) is 3.48. The van der Waals surface area contributed by atoms with Crippen molar-refractivity contribution < 1.29 is 4.79 Å². The number of nitrogens with zero attached hydrogens (tertiary/aromatic N) is 1.